The first kappa shape index (κ1) is 23.7. The Bertz CT molecular complexity index is 945. The van der Waals surface area contributed by atoms with Crippen molar-refractivity contribution in [2.24, 2.45) is 0 Å². The molecule has 0 bridgehead atoms. The van der Waals surface area contributed by atoms with Crippen molar-refractivity contribution in [3.8, 4) is 0 Å². The lowest BCUT2D eigenvalue weighted by Crippen LogP contribution is -2.41. The van der Waals surface area contributed by atoms with Crippen LogP contribution in [0.3, 0.4) is 0 Å². The molecular weight excluding hydrogens is 404 g/mol. The number of carbonyl (C=O) groups excluding carboxylic acids is 3. The lowest BCUT2D eigenvalue weighted by molar-refractivity contribution is 0.0512. The SMILES string of the molecule is CCOC(=O)c1c(C)c(C(=O)CN(C(=O)c2ccc(Cl)cc2)C(C)C)c(C)n1CC. The third kappa shape index (κ3) is 4.75. The Morgan fingerprint density at radius 1 is 1.10 bits per heavy atom. The fraction of sp³-hybridized carbons (Fsp3) is 0.435. The van der Waals surface area contributed by atoms with Gasteiger partial charge in [0.05, 0.1) is 13.2 Å². The van der Waals surface area contributed by atoms with Crippen LogP contribution in [0.2, 0.25) is 5.02 Å². The summed E-state index contributed by atoms with van der Waals surface area (Å²) in [5.41, 5.74) is 2.61. The monoisotopic (exact) mass is 432 g/mol. The van der Waals surface area contributed by atoms with E-state index in [2.05, 4.69) is 0 Å². The van der Waals surface area contributed by atoms with Crippen molar-refractivity contribution >= 4 is 29.3 Å². The molecule has 1 amide bonds. The van der Waals surface area contributed by atoms with Crippen LogP contribution in [-0.2, 0) is 11.3 Å². The van der Waals surface area contributed by atoms with Gasteiger partial charge in [-0.1, -0.05) is 11.6 Å². The maximum atomic E-state index is 13.3. The van der Waals surface area contributed by atoms with E-state index in [4.69, 9.17) is 16.3 Å². The van der Waals surface area contributed by atoms with Crippen LogP contribution in [-0.4, -0.2) is 46.3 Å². The average molecular weight is 433 g/mol. The number of Topliss-reactive ketones (excluding diaryl/α,β-unsaturated/α-hetero) is 1. The maximum Gasteiger partial charge on any atom is 0.355 e. The van der Waals surface area contributed by atoms with Crippen LogP contribution in [0.1, 0.15) is 70.2 Å². The second-order valence-electron chi connectivity index (χ2n) is 7.36. The summed E-state index contributed by atoms with van der Waals surface area (Å²) in [6.07, 6.45) is 0. The molecule has 2 aromatic rings. The molecule has 1 aromatic carbocycles. The summed E-state index contributed by atoms with van der Waals surface area (Å²) >= 11 is 5.92. The number of ether oxygens (including phenoxy) is 1. The Balaban J connectivity index is 2.40. The highest BCUT2D eigenvalue weighted by Gasteiger charge is 2.29. The molecule has 7 heteroatoms. The number of halogens is 1. The van der Waals surface area contributed by atoms with Crippen molar-refractivity contribution in [3.05, 3.63) is 57.4 Å². The van der Waals surface area contributed by atoms with E-state index in [0.29, 0.717) is 39.6 Å². The predicted octanol–water partition coefficient (Wildman–Crippen LogP) is 4.69. The van der Waals surface area contributed by atoms with Crippen LogP contribution < -0.4 is 0 Å². The van der Waals surface area contributed by atoms with Crippen molar-refractivity contribution < 1.29 is 19.1 Å². The summed E-state index contributed by atoms with van der Waals surface area (Å²) in [5, 5.41) is 0.539. The van der Waals surface area contributed by atoms with Crippen LogP contribution >= 0.6 is 11.6 Å². The van der Waals surface area contributed by atoms with Crippen molar-refractivity contribution in [1.82, 2.24) is 9.47 Å². The summed E-state index contributed by atoms with van der Waals surface area (Å²) in [6, 6.07) is 6.41. The number of amides is 1. The Morgan fingerprint density at radius 3 is 2.20 bits per heavy atom. The number of benzene rings is 1. The topological polar surface area (TPSA) is 68.6 Å². The Morgan fingerprint density at radius 2 is 1.70 bits per heavy atom. The van der Waals surface area contributed by atoms with Gasteiger partial charge in [-0.2, -0.15) is 0 Å². The van der Waals surface area contributed by atoms with Crippen molar-refractivity contribution in [1.29, 1.82) is 0 Å². The van der Waals surface area contributed by atoms with E-state index in [1.54, 1.807) is 42.7 Å². The quantitative estimate of drug-likeness (QED) is 0.448. The first-order valence-corrected chi connectivity index (χ1v) is 10.5. The molecule has 30 heavy (non-hydrogen) atoms. The van der Waals surface area contributed by atoms with E-state index in [-0.39, 0.29) is 30.9 Å². The normalized spacial score (nSPS) is 10.9. The van der Waals surface area contributed by atoms with Crippen LogP contribution in [0.25, 0.3) is 0 Å². The molecule has 0 aliphatic heterocycles. The highest BCUT2D eigenvalue weighted by atomic mass is 35.5. The minimum absolute atomic E-state index is 0.0865. The van der Waals surface area contributed by atoms with E-state index >= 15 is 0 Å². The van der Waals surface area contributed by atoms with E-state index in [1.807, 2.05) is 27.7 Å². The Kier molecular flexibility index (Phi) is 7.84. The average Bonchev–Trinajstić information content (AvgIpc) is 2.95. The molecule has 2 rings (SSSR count). The zero-order valence-electron chi connectivity index (χ0n) is 18.4. The van der Waals surface area contributed by atoms with Gasteiger partial charge in [-0.15, -0.1) is 0 Å². The molecule has 1 aromatic heterocycles. The number of hydrogen-bond donors (Lipinski definition) is 0. The van der Waals surface area contributed by atoms with E-state index < -0.39 is 5.97 Å². The zero-order chi connectivity index (χ0) is 22.6. The summed E-state index contributed by atoms with van der Waals surface area (Å²) in [6.45, 7) is 11.6. The molecule has 0 aliphatic rings. The standard InChI is InChI=1S/C23H29ClN2O4/c1-7-25-16(6)20(15(5)21(25)23(29)30-8-2)19(27)13-26(14(3)4)22(28)17-9-11-18(24)12-10-17/h9-12,14H,7-8,13H2,1-6H3. The number of nitrogens with zero attached hydrogens (tertiary/aromatic N) is 2. The smallest absolute Gasteiger partial charge is 0.355 e. The molecule has 0 N–H and O–H groups in total. The second-order valence-corrected chi connectivity index (χ2v) is 7.79. The lowest BCUT2D eigenvalue weighted by Gasteiger charge is -2.26. The maximum absolute atomic E-state index is 13.3. The third-order valence-corrected chi connectivity index (χ3v) is 5.37. The minimum Gasteiger partial charge on any atom is -0.461 e. The van der Waals surface area contributed by atoms with Gasteiger partial charge >= 0.3 is 5.97 Å². The summed E-state index contributed by atoms with van der Waals surface area (Å²) in [4.78, 5) is 40.3. The summed E-state index contributed by atoms with van der Waals surface area (Å²) in [7, 11) is 0. The summed E-state index contributed by atoms with van der Waals surface area (Å²) < 4.78 is 6.97. The number of rotatable bonds is 8. The molecule has 1 heterocycles. The molecular formula is C23H29ClN2O4. The molecule has 0 unspecified atom stereocenters. The van der Waals surface area contributed by atoms with Gasteiger partial charge in [0.15, 0.2) is 5.78 Å². The van der Waals surface area contributed by atoms with Gasteiger partial charge in [0, 0.05) is 34.4 Å². The Labute approximate surface area is 182 Å². The zero-order valence-corrected chi connectivity index (χ0v) is 19.2. The molecule has 0 atom stereocenters. The molecule has 0 radical (unpaired) electrons. The van der Waals surface area contributed by atoms with Crippen LogP contribution in [0.4, 0.5) is 0 Å². The minimum atomic E-state index is -0.447. The van der Waals surface area contributed by atoms with Gasteiger partial charge in [0.2, 0.25) is 0 Å². The number of carbonyl (C=O) groups is 3. The highest BCUT2D eigenvalue weighted by molar-refractivity contribution is 6.30. The van der Waals surface area contributed by atoms with Crippen LogP contribution in [0.5, 0.6) is 0 Å². The number of hydrogen-bond acceptors (Lipinski definition) is 4. The molecule has 6 nitrogen and oxygen atoms in total. The van der Waals surface area contributed by atoms with E-state index in [0.717, 1.165) is 0 Å². The van der Waals surface area contributed by atoms with Gasteiger partial charge in [-0.25, -0.2) is 4.79 Å². The third-order valence-electron chi connectivity index (χ3n) is 5.12. The van der Waals surface area contributed by atoms with Gasteiger partial charge in [-0.3, -0.25) is 9.59 Å². The second kappa shape index (κ2) is 9.94. The number of aromatic nitrogens is 1. The highest BCUT2D eigenvalue weighted by Crippen LogP contribution is 2.25. The lowest BCUT2D eigenvalue weighted by atomic mass is 10.0. The summed E-state index contributed by atoms with van der Waals surface area (Å²) in [5.74, 6) is -0.901. The van der Waals surface area contributed by atoms with Gasteiger partial charge in [0.1, 0.15) is 5.69 Å². The molecule has 0 aliphatic carbocycles. The van der Waals surface area contributed by atoms with E-state index in [9.17, 15) is 14.4 Å². The van der Waals surface area contributed by atoms with Gasteiger partial charge < -0.3 is 14.2 Å². The van der Waals surface area contributed by atoms with Crippen molar-refractivity contribution in [2.45, 2.75) is 54.1 Å². The number of esters is 1. The number of ketones is 1. The Hall–Kier alpha value is -2.60. The van der Waals surface area contributed by atoms with Crippen molar-refractivity contribution in [3.63, 3.8) is 0 Å². The van der Waals surface area contributed by atoms with Gasteiger partial charge in [-0.05, 0) is 71.4 Å². The molecule has 0 spiro atoms. The fourth-order valence-corrected chi connectivity index (χ4v) is 3.77. The first-order valence-electron chi connectivity index (χ1n) is 10.1. The first-order chi connectivity index (χ1) is 14.1. The van der Waals surface area contributed by atoms with Gasteiger partial charge in [0.25, 0.3) is 5.91 Å². The van der Waals surface area contributed by atoms with Crippen LogP contribution in [0, 0.1) is 13.8 Å². The fourth-order valence-electron chi connectivity index (χ4n) is 3.64. The molecule has 0 saturated heterocycles. The molecule has 162 valence electrons. The van der Waals surface area contributed by atoms with Crippen LogP contribution in [0.15, 0.2) is 24.3 Å². The predicted molar refractivity (Wildman–Crippen MR) is 117 cm³/mol. The van der Waals surface area contributed by atoms with E-state index in [1.165, 1.54) is 4.90 Å². The molecule has 0 fully saturated rings. The van der Waals surface area contributed by atoms with Crippen molar-refractivity contribution in [2.75, 3.05) is 13.2 Å². The largest absolute Gasteiger partial charge is 0.461 e. The molecule has 0 saturated carbocycles.